The molecule has 0 spiro atoms. The Morgan fingerprint density at radius 2 is 1.07 bits per heavy atom. The van der Waals surface area contributed by atoms with Crippen molar-refractivity contribution in [1.82, 2.24) is 0 Å². The number of benzene rings is 2. The summed E-state index contributed by atoms with van der Waals surface area (Å²) in [5, 5.41) is 2.05. The minimum Gasteiger partial charge on any atom is -0.486 e. The van der Waals surface area contributed by atoms with Gasteiger partial charge in [-0.2, -0.15) is 0 Å². The maximum Gasteiger partial charge on any atom is 0.164 e. The molecule has 0 saturated carbocycles. The second-order valence-electron chi connectivity index (χ2n) is 5.44. The molecule has 4 heteroatoms. The van der Waals surface area contributed by atoms with Gasteiger partial charge in [0.1, 0.15) is 19.9 Å². The topological polar surface area (TPSA) is 43.2 Å². The number of ether oxygens (including phenoxy) is 2. The van der Waals surface area contributed by atoms with Gasteiger partial charge in [0.15, 0.2) is 11.5 Å². The number of fused-ring (bicyclic) bond motifs is 2. The van der Waals surface area contributed by atoms with Crippen LogP contribution in [0.4, 0.5) is 0 Å². The molecule has 0 atom stereocenters. The van der Waals surface area contributed by atoms with Gasteiger partial charge in [0.05, 0.1) is 10.7 Å². The first kappa shape index (κ1) is 29.8. The largest absolute Gasteiger partial charge is 0.486 e. The number of rotatable bonds is 0. The Morgan fingerprint density at radius 1 is 0.633 bits per heavy atom. The van der Waals surface area contributed by atoms with Gasteiger partial charge in [0, 0.05) is 0 Å². The summed E-state index contributed by atoms with van der Waals surface area (Å²) >= 11 is 0. The number of hydrogen-bond donors (Lipinski definition) is 0. The molecule has 0 aliphatic carbocycles. The lowest BCUT2D eigenvalue weighted by molar-refractivity contribution is 0.169. The molecule has 2 aromatic carbocycles. The van der Waals surface area contributed by atoms with Crippen LogP contribution in [0.15, 0.2) is 40.3 Å². The molecule has 0 N–H and O–H groups in total. The normalized spacial score (nSPS) is 11.2. The van der Waals surface area contributed by atoms with Crippen molar-refractivity contribution in [3.05, 3.63) is 57.7 Å². The van der Waals surface area contributed by atoms with E-state index in [0.29, 0.717) is 19.9 Å². The number of aryl methyl sites for hydroxylation is 2. The van der Waals surface area contributed by atoms with Crippen molar-refractivity contribution in [2.24, 2.45) is 9.98 Å². The molecular formula is C26H44N2O2. The van der Waals surface area contributed by atoms with E-state index in [-0.39, 0.29) is 0 Å². The number of para-hydroxylation sites is 2. The second-order valence-corrected chi connectivity index (χ2v) is 5.44. The molecular weight excluding hydrogens is 372 g/mol. The molecule has 2 aliphatic heterocycles. The third-order valence-electron chi connectivity index (χ3n) is 3.87. The Morgan fingerprint density at radius 3 is 1.53 bits per heavy atom. The van der Waals surface area contributed by atoms with Crippen LogP contribution in [0.25, 0.3) is 0 Å². The maximum atomic E-state index is 5.59. The van der Waals surface area contributed by atoms with E-state index < -0.39 is 0 Å². The molecule has 0 amide bonds. The molecule has 0 radical (unpaired) electrons. The third-order valence-corrected chi connectivity index (χ3v) is 3.87. The zero-order chi connectivity index (χ0) is 23.5. The van der Waals surface area contributed by atoms with E-state index in [2.05, 4.69) is 36.8 Å². The van der Waals surface area contributed by atoms with Crippen molar-refractivity contribution in [2.75, 3.05) is 19.9 Å². The highest BCUT2D eigenvalue weighted by atomic mass is 16.6. The quantitative estimate of drug-likeness (QED) is 0.500. The molecule has 0 unspecified atom stereocenters. The first-order valence-electron chi connectivity index (χ1n) is 11.5. The number of hydrogen-bond acceptors (Lipinski definition) is 4. The predicted molar refractivity (Wildman–Crippen MR) is 131 cm³/mol. The lowest BCUT2D eigenvalue weighted by atomic mass is 10.0. The molecule has 0 saturated heterocycles. The van der Waals surface area contributed by atoms with E-state index in [1.54, 1.807) is 0 Å². The Balaban J connectivity index is 0. The van der Waals surface area contributed by atoms with Gasteiger partial charge in [-0.15, -0.1) is 0 Å². The smallest absolute Gasteiger partial charge is 0.164 e. The van der Waals surface area contributed by atoms with Gasteiger partial charge in [-0.25, -0.2) is 0 Å². The Hall–Kier alpha value is -2.36. The highest BCUT2D eigenvalue weighted by Gasteiger charge is 2.17. The Labute approximate surface area is 185 Å². The maximum absolute atomic E-state index is 5.59. The zero-order valence-corrected chi connectivity index (χ0v) is 21.2. The summed E-state index contributed by atoms with van der Waals surface area (Å²) in [5.41, 5.74) is 3.62. The van der Waals surface area contributed by atoms with Crippen LogP contribution >= 0.6 is 0 Å². The first-order valence-corrected chi connectivity index (χ1v) is 11.5. The summed E-state index contributed by atoms with van der Waals surface area (Å²) in [6.07, 6.45) is 0. The van der Waals surface area contributed by atoms with Crippen LogP contribution in [0.2, 0.25) is 0 Å². The summed E-state index contributed by atoms with van der Waals surface area (Å²) in [6.45, 7) is 24.2. The molecule has 170 valence electrons. The van der Waals surface area contributed by atoms with Gasteiger partial charge in [-0.3, -0.25) is 9.98 Å². The average molecular weight is 417 g/mol. The van der Waals surface area contributed by atoms with E-state index in [0.717, 1.165) is 27.8 Å². The van der Waals surface area contributed by atoms with Crippen molar-refractivity contribution < 1.29 is 9.47 Å². The molecule has 4 rings (SSSR count). The molecule has 30 heavy (non-hydrogen) atoms. The van der Waals surface area contributed by atoms with Crippen LogP contribution < -0.4 is 20.2 Å². The van der Waals surface area contributed by atoms with Crippen LogP contribution in [0, 0.1) is 20.8 Å². The molecule has 0 fully saturated rings. The highest BCUT2D eigenvalue weighted by Crippen LogP contribution is 2.38. The van der Waals surface area contributed by atoms with Crippen molar-refractivity contribution in [3.8, 4) is 11.5 Å². The average Bonchev–Trinajstić information content (AvgIpc) is 3.32. The van der Waals surface area contributed by atoms with E-state index in [1.807, 2.05) is 79.7 Å². The van der Waals surface area contributed by atoms with E-state index in [4.69, 9.17) is 9.47 Å². The Kier molecular flexibility index (Phi) is 18.6. The van der Waals surface area contributed by atoms with Crippen molar-refractivity contribution in [2.45, 2.75) is 76.2 Å². The van der Waals surface area contributed by atoms with E-state index >= 15 is 0 Å². The minimum absolute atomic E-state index is 0.610. The van der Waals surface area contributed by atoms with Gasteiger partial charge in [0.2, 0.25) is 0 Å². The molecule has 2 aliphatic rings. The highest BCUT2D eigenvalue weighted by molar-refractivity contribution is 5.54. The fraction of sp³-hybridized carbons (Fsp3) is 0.538. The summed E-state index contributed by atoms with van der Waals surface area (Å²) in [6, 6.07) is 10.0. The lowest BCUT2D eigenvalue weighted by Crippen LogP contribution is -2.19. The molecule has 2 heterocycles. The number of nitrogens with zero attached hydrogens (tertiary/aromatic N) is 2. The van der Waals surface area contributed by atoms with Crippen molar-refractivity contribution >= 4 is 0 Å². The van der Waals surface area contributed by atoms with Gasteiger partial charge in [-0.1, -0.05) is 73.6 Å². The van der Waals surface area contributed by atoms with Crippen molar-refractivity contribution in [3.63, 3.8) is 0 Å². The zero-order valence-electron chi connectivity index (χ0n) is 21.2. The van der Waals surface area contributed by atoms with Crippen LogP contribution in [-0.4, -0.2) is 19.9 Å². The SMILES string of the molecule is CC.CC.CC.CC.Cc1cc(C)c2c(c1C)OCCO2.c1ccc2c(c1)=NCN=2. The standard InChI is InChI=1S/C11H14O2.C7H6N2.4C2H6/c1-7-6-8(2)10-11(9(7)3)13-5-4-12-10;1-2-4-7-6(3-1)8-5-9-7;4*1-2/h6H,4-5H2,1-3H3;1-4H,5H2;4*1-2H3. The first-order chi connectivity index (χ1) is 14.7. The van der Waals surface area contributed by atoms with Gasteiger partial charge < -0.3 is 9.47 Å². The molecule has 0 bridgehead atoms. The summed E-state index contributed by atoms with van der Waals surface area (Å²) in [4.78, 5) is 8.27. The van der Waals surface area contributed by atoms with Gasteiger partial charge in [0.25, 0.3) is 0 Å². The van der Waals surface area contributed by atoms with E-state index in [9.17, 15) is 0 Å². The summed E-state index contributed by atoms with van der Waals surface area (Å²) < 4.78 is 11.2. The van der Waals surface area contributed by atoms with E-state index in [1.165, 1.54) is 11.1 Å². The molecule has 0 aromatic heterocycles. The van der Waals surface area contributed by atoms with Crippen LogP contribution in [0.3, 0.4) is 0 Å². The minimum atomic E-state index is 0.610. The van der Waals surface area contributed by atoms with Crippen LogP contribution in [0.5, 0.6) is 11.5 Å². The fourth-order valence-electron chi connectivity index (χ4n) is 2.59. The van der Waals surface area contributed by atoms with Gasteiger partial charge in [-0.05, 0) is 49.6 Å². The molecule has 4 nitrogen and oxygen atoms in total. The van der Waals surface area contributed by atoms with Crippen molar-refractivity contribution in [1.29, 1.82) is 0 Å². The summed E-state index contributed by atoms with van der Waals surface area (Å²) in [5.74, 6) is 1.86. The van der Waals surface area contributed by atoms with Crippen LogP contribution in [0.1, 0.15) is 72.1 Å². The fourth-order valence-corrected chi connectivity index (χ4v) is 2.59. The Bertz CT molecular complexity index is 782. The summed E-state index contributed by atoms with van der Waals surface area (Å²) in [7, 11) is 0. The van der Waals surface area contributed by atoms with Crippen LogP contribution in [-0.2, 0) is 0 Å². The second kappa shape index (κ2) is 18.7. The predicted octanol–water partition coefficient (Wildman–Crippen LogP) is 6.38. The third kappa shape index (κ3) is 8.98. The molecule has 2 aromatic rings. The van der Waals surface area contributed by atoms with Gasteiger partial charge >= 0.3 is 0 Å². The monoisotopic (exact) mass is 416 g/mol. The lowest BCUT2D eigenvalue weighted by Gasteiger charge is -2.22.